The molecule has 3 nitrogen and oxygen atoms in total. The van der Waals surface area contributed by atoms with Gasteiger partial charge < -0.3 is 15.7 Å². The van der Waals surface area contributed by atoms with Gasteiger partial charge in [0.25, 0.3) is 0 Å². The van der Waals surface area contributed by atoms with Crippen LogP contribution in [0.3, 0.4) is 0 Å². The Hall–Kier alpha value is -1.13. The Kier molecular flexibility index (Phi) is 4.42. The van der Waals surface area contributed by atoms with Crippen molar-refractivity contribution in [3.05, 3.63) is 29.1 Å². The summed E-state index contributed by atoms with van der Waals surface area (Å²) in [5, 5.41) is 9.32. The molecule has 0 bridgehead atoms. The summed E-state index contributed by atoms with van der Waals surface area (Å²) in [6.07, 6.45) is 2.11. The Bertz CT molecular complexity index is 448. The number of aryl methyl sites for hydroxylation is 1. The van der Waals surface area contributed by atoms with Crippen molar-refractivity contribution in [3.63, 3.8) is 0 Å². The normalized spacial score (nSPS) is 21.5. The summed E-state index contributed by atoms with van der Waals surface area (Å²) in [6, 6.07) is 3.24. The second-order valence-corrected chi connectivity index (χ2v) is 5.59. The molecule has 0 radical (unpaired) electrons. The standard InChI is InChI=1S/C15H23FN2O/c1-10-6-15(13(11(2)17)7-14(10)16)18-5-3-4-12(8-18)9-19/h6-7,11-12,19H,3-5,8-9,17H2,1-2H3. The minimum atomic E-state index is -0.202. The number of aliphatic hydroxyl groups excluding tert-OH is 1. The van der Waals surface area contributed by atoms with Gasteiger partial charge in [-0.1, -0.05) is 0 Å². The number of anilines is 1. The second kappa shape index (κ2) is 5.88. The second-order valence-electron chi connectivity index (χ2n) is 5.59. The Morgan fingerprint density at radius 1 is 1.53 bits per heavy atom. The largest absolute Gasteiger partial charge is 0.396 e. The van der Waals surface area contributed by atoms with Gasteiger partial charge in [0.1, 0.15) is 5.82 Å². The third-order valence-electron chi connectivity index (χ3n) is 3.92. The molecule has 2 atom stereocenters. The molecule has 0 aliphatic carbocycles. The first-order valence-electron chi connectivity index (χ1n) is 6.94. The number of halogens is 1. The SMILES string of the molecule is Cc1cc(N2CCCC(CO)C2)c(C(C)N)cc1F. The predicted molar refractivity (Wildman–Crippen MR) is 75.8 cm³/mol. The molecule has 1 aromatic rings. The van der Waals surface area contributed by atoms with Crippen molar-refractivity contribution in [2.75, 3.05) is 24.6 Å². The Balaban J connectivity index is 2.34. The van der Waals surface area contributed by atoms with E-state index in [4.69, 9.17) is 5.73 Å². The van der Waals surface area contributed by atoms with E-state index in [9.17, 15) is 9.50 Å². The molecule has 1 heterocycles. The summed E-state index contributed by atoms with van der Waals surface area (Å²) >= 11 is 0. The lowest BCUT2D eigenvalue weighted by atomic mass is 9.96. The lowest BCUT2D eigenvalue weighted by molar-refractivity contribution is 0.208. The molecule has 2 rings (SSSR count). The van der Waals surface area contributed by atoms with Crippen molar-refractivity contribution in [2.24, 2.45) is 11.7 Å². The zero-order valence-corrected chi connectivity index (χ0v) is 11.7. The summed E-state index contributed by atoms with van der Waals surface area (Å²) in [6.45, 7) is 5.63. The van der Waals surface area contributed by atoms with Gasteiger partial charge >= 0.3 is 0 Å². The van der Waals surface area contributed by atoms with E-state index in [1.807, 2.05) is 13.0 Å². The molecule has 106 valence electrons. The van der Waals surface area contributed by atoms with Crippen LogP contribution < -0.4 is 10.6 Å². The summed E-state index contributed by atoms with van der Waals surface area (Å²) in [5.41, 5.74) is 8.48. The van der Waals surface area contributed by atoms with Crippen LogP contribution in [-0.4, -0.2) is 24.8 Å². The van der Waals surface area contributed by atoms with Gasteiger partial charge in [-0.2, -0.15) is 0 Å². The fourth-order valence-electron chi connectivity index (χ4n) is 2.75. The van der Waals surface area contributed by atoms with Crippen LogP contribution in [0.15, 0.2) is 12.1 Å². The Morgan fingerprint density at radius 2 is 2.26 bits per heavy atom. The third-order valence-corrected chi connectivity index (χ3v) is 3.92. The van der Waals surface area contributed by atoms with Crippen molar-refractivity contribution >= 4 is 5.69 Å². The number of rotatable bonds is 3. The highest BCUT2D eigenvalue weighted by molar-refractivity contribution is 5.57. The van der Waals surface area contributed by atoms with Crippen LogP contribution in [0.2, 0.25) is 0 Å². The van der Waals surface area contributed by atoms with E-state index < -0.39 is 0 Å². The molecule has 2 unspecified atom stereocenters. The molecule has 0 spiro atoms. The average Bonchev–Trinajstić information content (AvgIpc) is 2.41. The highest BCUT2D eigenvalue weighted by Gasteiger charge is 2.23. The summed E-state index contributed by atoms with van der Waals surface area (Å²) in [5.74, 6) is 0.104. The van der Waals surface area contributed by atoms with Crippen LogP contribution in [-0.2, 0) is 0 Å². The van der Waals surface area contributed by atoms with E-state index in [0.29, 0.717) is 11.5 Å². The molecule has 1 fully saturated rings. The maximum Gasteiger partial charge on any atom is 0.126 e. The number of hydrogen-bond acceptors (Lipinski definition) is 3. The van der Waals surface area contributed by atoms with Gasteiger partial charge in [0.2, 0.25) is 0 Å². The van der Waals surface area contributed by atoms with Crippen molar-refractivity contribution < 1.29 is 9.50 Å². The monoisotopic (exact) mass is 266 g/mol. The first kappa shape index (κ1) is 14.3. The molecular weight excluding hydrogens is 243 g/mol. The van der Waals surface area contributed by atoms with Crippen LogP contribution in [0, 0.1) is 18.7 Å². The van der Waals surface area contributed by atoms with Crippen molar-refractivity contribution in [2.45, 2.75) is 32.7 Å². The molecule has 0 amide bonds. The zero-order valence-electron chi connectivity index (χ0n) is 11.7. The van der Waals surface area contributed by atoms with E-state index in [0.717, 1.165) is 37.2 Å². The van der Waals surface area contributed by atoms with Crippen molar-refractivity contribution in [3.8, 4) is 0 Å². The number of nitrogens with two attached hydrogens (primary N) is 1. The molecule has 3 N–H and O–H groups in total. The van der Waals surface area contributed by atoms with Crippen LogP contribution in [0.1, 0.15) is 36.9 Å². The topological polar surface area (TPSA) is 49.5 Å². The molecule has 1 aliphatic rings. The van der Waals surface area contributed by atoms with Gasteiger partial charge in [-0.05, 0) is 55.9 Å². The average molecular weight is 266 g/mol. The molecule has 19 heavy (non-hydrogen) atoms. The lowest BCUT2D eigenvalue weighted by Gasteiger charge is -2.35. The van der Waals surface area contributed by atoms with Crippen LogP contribution in [0.25, 0.3) is 0 Å². The van der Waals surface area contributed by atoms with Crippen LogP contribution >= 0.6 is 0 Å². The maximum absolute atomic E-state index is 13.7. The predicted octanol–water partition coefficient (Wildman–Crippen LogP) is 2.36. The van der Waals surface area contributed by atoms with E-state index in [-0.39, 0.29) is 18.5 Å². The van der Waals surface area contributed by atoms with E-state index >= 15 is 0 Å². The summed E-state index contributed by atoms with van der Waals surface area (Å²) in [7, 11) is 0. The molecule has 4 heteroatoms. The first-order chi connectivity index (χ1) is 9.02. The first-order valence-corrected chi connectivity index (χ1v) is 6.94. The van der Waals surface area contributed by atoms with Gasteiger partial charge in [0, 0.05) is 31.4 Å². The minimum absolute atomic E-state index is 0.195. The fraction of sp³-hybridized carbons (Fsp3) is 0.600. The van der Waals surface area contributed by atoms with E-state index in [2.05, 4.69) is 4.90 Å². The molecule has 1 aromatic carbocycles. The van der Waals surface area contributed by atoms with Gasteiger partial charge in [0.15, 0.2) is 0 Å². The van der Waals surface area contributed by atoms with Crippen LogP contribution in [0.5, 0.6) is 0 Å². The zero-order chi connectivity index (χ0) is 14.0. The molecule has 0 saturated carbocycles. The summed E-state index contributed by atoms with van der Waals surface area (Å²) < 4.78 is 13.7. The maximum atomic E-state index is 13.7. The van der Waals surface area contributed by atoms with Crippen molar-refractivity contribution in [1.29, 1.82) is 0 Å². The van der Waals surface area contributed by atoms with Crippen LogP contribution in [0.4, 0.5) is 10.1 Å². The number of aliphatic hydroxyl groups is 1. The smallest absolute Gasteiger partial charge is 0.126 e. The summed E-state index contributed by atoms with van der Waals surface area (Å²) in [4.78, 5) is 2.23. The molecule has 1 aliphatic heterocycles. The number of piperidine rings is 1. The fourth-order valence-corrected chi connectivity index (χ4v) is 2.75. The molecule has 1 saturated heterocycles. The minimum Gasteiger partial charge on any atom is -0.396 e. The van der Waals surface area contributed by atoms with Gasteiger partial charge in [-0.3, -0.25) is 0 Å². The number of nitrogens with zero attached hydrogens (tertiary/aromatic N) is 1. The van der Waals surface area contributed by atoms with Gasteiger partial charge in [0.05, 0.1) is 0 Å². The highest BCUT2D eigenvalue weighted by atomic mass is 19.1. The molecule has 0 aromatic heterocycles. The number of benzene rings is 1. The van der Waals surface area contributed by atoms with Gasteiger partial charge in [-0.25, -0.2) is 4.39 Å². The lowest BCUT2D eigenvalue weighted by Crippen LogP contribution is -2.37. The van der Waals surface area contributed by atoms with E-state index in [1.54, 1.807) is 13.0 Å². The van der Waals surface area contributed by atoms with Crippen molar-refractivity contribution in [1.82, 2.24) is 0 Å². The Morgan fingerprint density at radius 3 is 2.89 bits per heavy atom. The highest BCUT2D eigenvalue weighted by Crippen LogP contribution is 2.31. The number of hydrogen-bond donors (Lipinski definition) is 2. The quantitative estimate of drug-likeness (QED) is 0.883. The van der Waals surface area contributed by atoms with Gasteiger partial charge in [-0.15, -0.1) is 0 Å². The Labute approximate surface area is 114 Å². The molecular formula is C15H23FN2O. The third kappa shape index (κ3) is 3.07. The van der Waals surface area contributed by atoms with E-state index in [1.165, 1.54) is 0 Å².